The quantitative estimate of drug-likeness (QED) is 0.634. The third-order valence-electron chi connectivity index (χ3n) is 5.21. The molecule has 4 heterocycles. The van der Waals surface area contributed by atoms with Crippen LogP contribution in [0.3, 0.4) is 0 Å². The van der Waals surface area contributed by atoms with Crippen molar-refractivity contribution in [3.63, 3.8) is 0 Å². The number of rotatable bonds is 3. The maximum Gasteiger partial charge on any atom is 0.290 e. The minimum Gasteiger partial charge on any atom is -0.354 e. The number of hydrogen-bond acceptors (Lipinski definition) is 7. The third-order valence-corrected chi connectivity index (χ3v) is 6.02. The lowest BCUT2D eigenvalue weighted by Crippen LogP contribution is -2.43. The Labute approximate surface area is 177 Å². The Hall–Kier alpha value is -3.23. The minimum absolute atomic E-state index is 0.343. The van der Waals surface area contributed by atoms with E-state index in [2.05, 4.69) is 37.6 Å². The first-order valence-corrected chi connectivity index (χ1v) is 10.5. The number of imide groups is 1. The smallest absolute Gasteiger partial charge is 0.290 e. The van der Waals surface area contributed by atoms with E-state index in [1.54, 1.807) is 12.3 Å². The van der Waals surface area contributed by atoms with Gasteiger partial charge in [0.15, 0.2) is 0 Å². The van der Waals surface area contributed by atoms with Crippen LogP contribution < -0.4 is 15.5 Å². The Morgan fingerprint density at radius 2 is 1.90 bits per heavy atom. The van der Waals surface area contributed by atoms with Crippen molar-refractivity contribution in [2.45, 2.75) is 0 Å². The molecule has 2 aliphatic heterocycles. The molecule has 0 radical (unpaired) electrons. The maximum atomic E-state index is 11.9. The second-order valence-corrected chi connectivity index (χ2v) is 8.14. The van der Waals surface area contributed by atoms with E-state index in [1.165, 1.54) is 0 Å². The van der Waals surface area contributed by atoms with Crippen LogP contribution in [-0.2, 0) is 4.79 Å². The Morgan fingerprint density at radius 3 is 2.63 bits per heavy atom. The Kier molecular flexibility index (Phi) is 4.94. The van der Waals surface area contributed by atoms with Gasteiger partial charge in [0, 0.05) is 49.5 Å². The zero-order valence-corrected chi connectivity index (χ0v) is 16.9. The largest absolute Gasteiger partial charge is 0.354 e. The van der Waals surface area contributed by atoms with Crippen LogP contribution in [0.4, 0.5) is 10.6 Å². The molecule has 0 aliphatic carbocycles. The van der Waals surface area contributed by atoms with Crippen LogP contribution in [0, 0.1) is 0 Å². The van der Waals surface area contributed by atoms with E-state index in [0.29, 0.717) is 4.91 Å². The highest BCUT2D eigenvalue weighted by Gasteiger charge is 2.25. The molecule has 0 saturated carbocycles. The van der Waals surface area contributed by atoms with Crippen molar-refractivity contribution < 1.29 is 9.59 Å². The first-order chi connectivity index (χ1) is 14.7. The molecule has 150 valence electrons. The molecule has 2 fully saturated rings. The lowest BCUT2D eigenvalue weighted by Gasteiger charge is -2.28. The molecule has 0 unspecified atom stereocenters. The summed E-state index contributed by atoms with van der Waals surface area (Å²) in [4.78, 5) is 35.1. The average Bonchev–Trinajstić information content (AvgIpc) is 3.10. The Balaban J connectivity index is 1.50. The molecule has 2 N–H and O–H groups in total. The lowest BCUT2D eigenvalue weighted by atomic mass is 10.0. The number of fused-ring (bicyclic) bond motifs is 1. The molecule has 7 nitrogen and oxygen atoms in total. The van der Waals surface area contributed by atoms with Gasteiger partial charge in [0.25, 0.3) is 11.1 Å². The predicted molar refractivity (Wildman–Crippen MR) is 119 cm³/mol. The van der Waals surface area contributed by atoms with E-state index in [-0.39, 0.29) is 11.1 Å². The summed E-state index contributed by atoms with van der Waals surface area (Å²) in [7, 11) is 0. The van der Waals surface area contributed by atoms with Gasteiger partial charge in [-0.2, -0.15) is 0 Å². The number of thioether (sulfide) groups is 1. The summed E-state index contributed by atoms with van der Waals surface area (Å²) in [6.07, 6.45) is 5.42. The summed E-state index contributed by atoms with van der Waals surface area (Å²) in [5.41, 5.74) is 3.74. The van der Waals surface area contributed by atoms with Crippen LogP contribution in [0.25, 0.3) is 28.1 Å². The van der Waals surface area contributed by atoms with Crippen LogP contribution in [0.1, 0.15) is 5.56 Å². The Bertz CT molecular complexity index is 1170. The topological polar surface area (TPSA) is 87.2 Å². The number of pyridine rings is 2. The molecule has 3 aromatic rings. The number of nitrogens with zero attached hydrogens (tertiary/aromatic N) is 3. The summed E-state index contributed by atoms with van der Waals surface area (Å²) >= 11 is 0.916. The molecule has 1 aromatic carbocycles. The minimum atomic E-state index is -0.357. The molecule has 0 atom stereocenters. The average molecular weight is 417 g/mol. The maximum absolute atomic E-state index is 11.9. The molecule has 0 bridgehead atoms. The van der Waals surface area contributed by atoms with Gasteiger partial charge >= 0.3 is 0 Å². The zero-order chi connectivity index (χ0) is 20.5. The second-order valence-electron chi connectivity index (χ2n) is 7.13. The molecule has 0 spiro atoms. The normalized spacial score (nSPS) is 18.3. The van der Waals surface area contributed by atoms with Gasteiger partial charge in [-0.1, -0.05) is 6.07 Å². The summed E-state index contributed by atoms with van der Waals surface area (Å²) in [5.74, 6) is 0.627. The van der Waals surface area contributed by atoms with E-state index in [9.17, 15) is 9.59 Å². The van der Waals surface area contributed by atoms with Gasteiger partial charge in [-0.05, 0) is 59.3 Å². The summed E-state index contributed by atoms with van der Waals surface area (Å²) < 4.78 is 0. The number of nitrogens with one attached hydrogen (secondary N) is 2. The monoisotopic (exact) mass is 417 g/mol. The molecule has 2 saturated heterocycles. The van der Waals surface area contributed by atoms with Gasteiger partial charge < -0.3 is 10.2 Å². The van der Waals surface area contributed by atoms with E-state index in [0.717, 1.165) is 71.4 Å². The first-order valence-electron chi connectivity index (χ1n) is 9.73. The fourth-order valence-corrected chi connectivity index (χ4v) is 4.39. The highest BCUT2D eigenvalue weighted by Crippen LogP contribution is 2.31. The van der Waals surface area contributed by atoms with Crippen molar-refractivity contribution >= 4 is 45.7 Å². The molecule has 2 aromatic heterocycles. The van der Waals surface area contributed by atoms with Gasteiger partial charge in [0.05, 0.1) is 10.4 Å². The van der Waals surface area contributed by atoms with Crippen LogP contribution >= 0.6 is 11.8 Å². The highest BCUT2D eigenvalue weighted by atomic mass is 32.2. The number of aromatic nitrogens is 2. The molecule has 30 heavy (non-hydrogen) atoms. The van der Waals surface area contributed by atoms with Gasteiger partial charge in [-0.15, -0.1) is 0 Å². The first kappa shape index (κ1) is 18.8. The molecule has 2 aliphatic rings. The lowest BCUT2D eigenvalue weighted by molar-refractivity contribution is -0.115. The Morgan fingerprint density at radius 1 is 1.03 bits per heavy atom. The molecule has 8 heteroatoms. The molecular formula is C22H19N5O2S. The predicted octanol–water partition coefficient (Wildman–Crippen LogP) is 3.03. The number of piperazine rings is 1. The summed E-state index contributed by atoms with van der Waals surface area (Å²) in [6, 6.07) is 11.9. The van der Waals surface area contributed by atoms with Crippen molar-refractivity contribution in [3.8, 4) is 11.1 Å². The van der Waals surface area contributed by atoms with Crippen molar-refractivity contribution in [3.05, 3.63) is 59.3 Å². The molecule has 2 amide bonds. The van der Waals surface area contributed by atoms with Gasteiger partial charge in [-0.25, -0.2) is 4.98 Å². The van der Waals surface area contributed by atoms with Gasteiger partial charge in [-0.3, -0.25) is 19.9 Å². The van der Waals surface area contributed by atoms with Gasteiger partial charge in [0.2, 0.25) is 0 Å². The van der Waals surface area contributed by atoms with Crippen LogP contribution in [0.2, 0.25) is 0 Å². The van der Waals surface area contributed by atoms with E-state index in [4.69, 9.17) is 0 Å². The second kappa shape index (κ2) is 7.89. The van der Waals surface area contributed by atoms with Crippen molar-refractivity contribution in [2.24, 2.45) is 0 Å². The van der Waals surface area contributed by atoms with Crippen molar-refractivity contribution in [2.75, 3.05) is 31.1 Å². The fraction of sp³-hybridized carbons (Fsp3) is 0.182. The molecular weight excluding hydrogens is 398 g/mol. The number of hydrogen-bond donors (Lipinski definition) is 2. The summed E-state index contributed by atoms with van der Waals surface area (Å²) in [6.45, 7) is 3.85. The van der Waals surface area contributed by atoms with E-state index >= 15 is 0 Å². The number of anilines is 1. The van der Waals surface area contributed by atoms with Crippen LogP contribution in [-0.4, -0.2) is 47.3 Å². The van der Waals surface area contributed by atoms with E-state index in [1.807, 2.05) is 30.5 Å². The number of carbonyl (C=O) groups excluding carboxylic acids is 2. The van der Waals surface area contributed by atoms with Crippen molar-refractivity contribution in [1.82, 2.24) is 20.6 Å². The van der Waals surface area contributed by atoms with E-state index < -0.39 is 0 Å². The standard InChI is InChI=1S/C22H19N5O2S/c28-21-19(30-22(29)26-21)12-14-1-3-18-17(11-14)16(5-6-24-18)15-2-4-20(25-13-15)27-9-7-23-8-10-27/h1-6,11-13,23H,7-10H2,(H,26,28,29)/b19-12+. The fourth-order valence-electron chi connectivity index (χ4n) is 3.70. The zero-order valence-electron chi connectivity index (χ0n) is 16.1. The van der Waals surface area contributed by atoms with Crippen molar-refractivity contribution in [1.29, 1.82) is 0 Å². The molecule has 5 rings (SSSR count). The number of amides is 2. The summed E-state index contributed by atoms with van der Waals surface area (Å²) in [5, 5.41) is 6.26. The van der Waals surface area contributed by atoms with Crippen LogP contribution in [0.15, 0.2) is 53.7 Å². The highest BCUT2D eigenvalue weighted by molar-refractivity contribution is 8.18. The SMILES string of the molecule is O=C1NC(=O)/C(=C\c2ccc3nccc(-c4ccc(N5CCNCC5)nc4)c3c2)S1. The third kappa shape index (κ3) is 3.67. The van der Waals surface area contributed by atoms with Crippen LogP contribution in [0.5, 0.6) is 0 Å². The number of benzene rings is 1. The number of carbonyl (C=O) groups is 2. The van der Waals surface area contributed by atoms with Gasteiger partial charge in [0.1, 0.15) is 5.82 Å².